The van der Waals surface area contributed by atoms with Gasteiger partial charge in [0.2, 0.25) is 5.91 Å². The van der Waals surface area contributed by atoms with Crippen LogP contribution in [-0.2, 0) is 11.3 Å². The van der Waals surface area contributed by atoms with E-state index in [2.05, 4.69) is 15.5 Å². The van der Waals surface area contributed by atoms with Gasteiger partial charge in [-0.1, -0.05) is 54.2 Å². The van der Waals surface area contributed by atoms with Crippen LogP contribution in [0.4, 0.5) is 5.69 Å². The lowest BCUT2D eigenvalue weighted by atomic mass is 10.1. The Morgan fingerprint density at radius 2 is 1.74 bits per heavy atom. The van der Waals surface area contributed by atoms with Gasteiger partial charge in [0.25, 0.3) is 0 Å². The second-order valence-electron chi connectivity index (χ2n) is 6.04. The number of aromatic nitrogens is 3. The van der Waals surface area contributed by atoms with Crippen molar-refractivity contribution < 1.29 is 9.59 Å². The molecule has 0 atom stereocenters. The Morgan fingerprint density at radius 1 is 1.04 bits per heavy atom. The molecule has 1 N–H and O–H groups in total. The van der Waals surface area contributed by atoms with E-state index in [0.717, 1.165) is 11.4 Å². The largest absolute Gasteiger partial charge is 0.325 e. The van der Waals surface area contributed by atoms with Gasteiger partial charge in [0, 0.05) is 5.56 Å². The topological polar surface area (TPSA) is 76.9 Å². The summed E-state index contributed by atoms with van der Waals surface area (Å²) in [6.45, 7) is 4.02. The van der Waals surface area contributed by atoms with Gasteiger partial charge < -0.3 is 9.88 Å². The van der Waals surface area contributed by atoms with E-state index in [0.29, 0.717) is 23.0 Å². The molecule has 0 aliphatic heterocycles. The summed E-state index contributed by atoms with van der Waals surface area (Å²) < 4.78 is 1.98. The molecule has 0 fully saturated rings. The van der Waals surface area contributed by atoms with Gasteiger partial charge in [0.1, 0.15) is 5.82 Å². The molecule has 1 amide bonds. The Hall–Kier alpha value is -2.93. The first kappa shape index (κ1) is 18.8. The fourth-order valence-electron chi connectivity index (χ4n) is 2.63. The number of nitrogens with one attached hydrogen (secondary N) is 1. The zero-order valence-corrected chi connectivity index (χ0v) is 16.0. The van der Waals surface area contributed by atoms with Crippen LogP contribution in [-0.4, -0.2) is 32.2 Å². The Bertz CT molecular complexity index is 954. The zero-order valence-electron chi connectivity index (χ0n) is 15.2. The predicted octanol–water partition coefficient (Wildman–Crippen LogP) is 3.57. The van der Waals surface area contributed by atoms with E-state index in [4.69, 9.17) is 0 Å². The molecule has 1 aromatic heterocycles. The van der Waals surface area contributed by atoms with Crippen LogP contribution in [0, 0.1) is 6.92 Å². The summed E-state index contributed by atoms with van der Waals surface area (Å²) in [5, 5.41) is 11.8. The predicted molar refractivity (Wildman–Crippen MR) is 106 cm³/mol. The number of aryl methyl sites for hydroxylation is 1. The van der Waals surface area contributed by atoms with Crippen LogP contribution >= 0.6 is 11.8 Å². The number of carbonyl (C=O) groups excluding carboxylic acids is 2. The monoisotopic (exact) mass is 380 g/mol. The second kappa shape index (κ2) is 8.64. The first-order valence-corrected chi connectivity index (χ1v) is 9.49. The maximum absolute atomic E-state index is 12.3. The average molecular weight is 380 g/mol. The van der Waals surface area contributed by atoms with E-state index in [1.54, 1.807) is 24.3 Å². The van der Waals surface area contributed by atoms with Gasteiger partial charge in [-0.05, 0) is 31.5 Å². The van der Waals surface area contributed by atoms with E-state index in [9.17, 15) is 9.59 Å². The fraction of sp³-hybridized carbons (Fsp3) is 0.200. The smallest absolute Gasteiger partial charge is 0.234 e. The molecule has 0 radical (unpaired) electrons. The summed E-state index contributed by atoms with van der Waals surface area (Å²) in [6.07, 6.45) is 0. The summed E-state index contributed by atoms with van der Waals surface area (Å²) in [5.74, 6) is 0.695. The quantitative estimate of drug-likeness (QED) is 0.501. The van der Waals surface area contributed by atoms with E-state index >= 15 is 0 Å². The van der Waals surface area contributed by atoms with Gasteiger partial charge in [-0.15, -0.1) is 10.2 Å². The Balaban J connectivity index is 1.66. The molecule has 3 rings (SSSR count). The minimum atomic E-state index is -0.194. The van der Waals surface area contributed by atoms with Crippen LogP contribution in [0.5, 0.6) is 0 Å². The van der Waals surface area contributed by atoms with Crippen LogP contribution in [0.3, 0.4) is 0 Å². The fourth-order valence-corrected chi connectivity index (χ4v) is 3.42. The van der Waals surface area contributed by atoms with Crippen LogP contribution in [0.2, 0.25) is 0 Å². The van der Waals surface area contributed by atoms with Crippen molar-refractivity contribution in [3.63, 3.8) is 0 Å². The van der Waals surface area contributed by atoms with E-state index in [1.807, 2.05) is 41.8 Å². The van der Waals surface area contributed by atoms with Gasteiger partial charge in [-0.25, -0.2) is 0 Å². The molecule has 7 heteroatoms. The summed E-state index contributed by atoms with van der Waals surface area (Å²) >= 11 is 1.32. The summed E-state index contributed by atoms with van der Waals surface area (Å²) in [4.78, 5) is 24.0. The molecule has 0 aliphatic carbocycles. The second-order valence-corrected chi connectivity index (χ2v) is 6.98. The normalized spacial score (nSPS) is 10.6. The van der Waals surface area contributed by atoms with Gasteiger partial charge in [0.15, 0.2) is 10.9 Å². The van der Waals surface area contributed by atoms with E-state index in [-0.39, 0.29) is 17.4 Å². The Morgan fingerprint density at radius 3 is 2.48 bits per heavy atom. The molecule has 0 spiro atoms. The highest BCUT2D eigenvalue weighted by molar-refractivity contribution is 7.99. The summed E-state index contributed by atoms with van der Waals surface area (Å²) in [7, 11) is 0. The number of hydrogen-bond acceptors (Lipinski definition) is 5. The number of ketones is 1. The van der Waals surface area contributed by atoms with Crippen molar-refractivity contribution >= 4 is 29.1 Å². The minimum absolute atomic E-state index is 0.0863. The number of nitrogens with zero attached hydrogens (tertiary/aromatic N) is 3. The summed E-state index contributed by atoms with van der Waals surface area (Å²) in [5.41, 5.74) is 2.17. The average Bonchev–Trinajstić information content (AvgIpc) is 3.01. The number of para-hydroxylation sites is 1. The molecule has 138 valence electrons. The van der Waals surface area contributed by atoms with Crippen molar-refractivity contribution in [1.29, 1.82) is 0 Å². The first-order valence-electron chi connectivity index (χ1n) is 8.51. The lowest BCUT2D eigenvalue weighted by molar-refractivity contribution is -0.113. The first-order chi connectivity index (χ1) is 13.0. The molecule has 0 saturated carbocycles. The Labute approximate surface area is 162 Å². The molecule has 1 heterocycles. The van der Waals surface area contributed by atoms with Gasteiger partial charge in [-0.3, -0.25) is 9.59 Å². The van der Waals surface area contributed by atoms with Gasteiger partial charge >= 0.3 is 0 Å². The van der Waals surface area contributed by atoms with Gasteiger partial charge in [-0.2, -0.15) is 0 Å². The van der Waals surface area contributed by atoms with Crippen LogP contribution < -0.4 is 5.32 Å². The number of hydrogen-bond donors (Lipinski definition) is 1. The number of benzene rings is 2. The number of Topliss-reactive ketones (excluding diaryl/α,β-unsaturated/α-hetero) is 1. The highest BCUT2D eigenvalue weighted by atomic mass is 32.2. The molecule has 0 aliphatic rings. The van der Waals surface area contributed by atoms with Crippen LogP contribution in [0.25, 0.3) is 0 Å². The Kier molecular flexibility index (Phi) is 6.03. The van der Waals surface area contributed by atoms with Crippen molar-refractivity contribution in [2.75, 3.05) is 11.1 Å². The third-order valence-corrected chi connectivity index (χ3v) is 4.96. The SMILES string of the molecule is CC(=O)c1ccccc1NC(=O)CSc1nnc(C)n1Cc1ccccc1. The molecule has 27 heavy (non-hydrogen) atoms. The molecule has 0 saturated heterocycles. The molecule has 6 nitrogen and oxygen atoms in total. The van der Waals surface area contributed by atoms with Crippen molar-refractivity contribution in [1.82, 2.24) is 14.8 Å². The van der Waals surface area contributed by atoms with Crippen molar-refractivity contribution in [2.24, 2.45) is 0 Å². The molecule has 2 aromatic carbocycles. The third kappa shape index (κ3) is 4.83. The van der Waals surface area contributed by atoms with E-state index < -0.39 is 0 Å². The van der Waals surface area contributed by atoms with Crippen molar-refractivity contribution in [2.45, 2.75) is 25.5 Å². The molecular weight excluding hydrogens is 360 g/mol. The molecule has 0 bridgehead atoms. The maximum Gasteiger partial charge on any atom is 0.234 e. The van der Waals surface area contributed by atoms with Crippen LogP contribution in [0.1, 0.15) is 28.7 Å². The lowest BCUT2D eigenvalue weighted by Gasteiger charge is -2.10. The molecular formula is C20H20N4O2S. The number of carbonyl (C=O) groups is 2. The van der Waals surface area contributed by atoms with Gasteiger partial charge in [0.05, 0.1) is 18.0 Å². The zero-order chi connectivity index (χ0) is 19.2. The van der Waals surface area contributed by atoms with Crippen molar-refractivity contribution in [3.05, 3.63) is 71.5 Å². The third-order valence-electron chi connectivity index (χ3n) is 4.00. The number of thioether (sulfide) groups is 1. The minimum Gasteiger partial charge on any atom is -0.325 e. The number of anilines is 1. The lowest BCUT2D eigenvalue weighted by Crippen LogP contribution is -2.16. The summed E-state index contributed by atoms with van der Waals surface area (Å²) in [6, 6.07) is 17.0. The number of rotatable bonds is 7. The van der Waals surface area contributed by atoms with Crippen LogP contribution in [0.15, 0.2) is 59.8 Å². The van der Waals surface area contributed by atoms with E-state index in [1.165, 1.54) is 18.7 Å². The number of amides is 1. The highest BCUT2D eigenvalue weighted by Gasteiger charge is 2.14. The maximum atomic E-state index is 12.3. The standard InChI is InChI=1S/C20H20N4O2S/c1-14(25)17-10-6-7-11-18(17)21-19(26)13-27-20-23-22-15(2)24(20)12-16-8-4-3-5-9-16/h3-11H,12-13H2,1-2H3,(H,21,26). The highest BCUT2D eigenvalue weighted by Crippen LogP contribution is 2.20. The van der Waals surface area contributed by atoms with Crippen molar-refractivity contribution in [3.8, 4) is 0 Å². The molecule has 0 unspecified atom stereocenters. The molecule has 3 aromatic rings.